The lowest BCUT2D eigenvalue weighted by Gasteiger charge is -2.44. The number of hydrogen-bond donors (Lipinski definition) is 2. The molecule has 2 rings (SSSR count). The minimum atomic E-state index is -0.850. The average Bonchev–Trinajstić information content (AvgIpc) is 2.36. The van der Waals surface area contributed by atoms with Crippen molar-refractivity contribution in [3.63, 3.8) is 0 Å². The quantitative estimate of drug-likeness (QED) is 0.760. The Labute approximate surface area is 118 Å². The Morgan fingerprint density at radius 2 is 2.05 bits per heavy atom. The van der Waals surface area contributed by atoms with E-state index < -0.39 is 5.54 Å². The number of nitrogens with one attached hydrogen (secondary N) is 1. The molecule has 0 aliphatic carbocycles. The molecule has 0 atom stereocenters. The van der Waals surface area contributed by atoms with Crippen LogP contribution in [0.1, 0.15) is 13.8 Å². The molecule has 6 heteroatoms. The fourth-order valence-corrected chi connectivity index (χ4v) is 2.38. The van der Waals surface area contributed by atoms with E-state index >= 15 is 0 Å². The number of amides is 3. The predicted molar refractivity (Wildman–Crippen MR) is 78.3 cm³/mol. The smallest absolute Gasteiger partial charge is 0.322 e. The summed E-state index contributed by atoms with van der Waals surface area (Å²) >= 11 is 0. The van der Waals surface area contributed by atoms with Crippen LogP contribution in [0.3, 0.4) is 0 Å². The fourth-order valence-electron chi connectivity index (χ4n) is 2.38. The summed E-state index contributed by atoms with van der Waals surface area (Å²) < 4.78 is 0. The summed E-state index contributed by atoms with van der Waals surface area (Å²) in [6, 6.07) is 6.67. The molecule has 0 spiro atoms. The number of urea groups is 1. The van der Waals surface area contributed by atoms with Gasteiger partial charge in [0.25, 0.3) is 0 Å². The molecular formula is C14H20N4O2. The minimum absolute atomic E-state index is 0.0634. The van der Waals surface area contributed by atoms with Crippen LogP contribution in [0.5, 0.6) is 0 Å². The maximum absolute atomic E-state index is 12.3. The second kappa shape index (κ2) is 5.03. The molecule has 1 aliphatic heterocycles. The highest BCUT2D eigenvalue weighted by molar-refractivity contribution is 5.96. The van der Waals surface area contributed by atoms with Crippen LogP contribution < -0.4 is 11.1 Å². The third-order valence-electron chi connectivity index (χ3n) is 3.59. The Hall–Kier alpha value is -2.24. The van der Waals surface area contributed by atoms with Crippen LogP contribution in [-0.2, 0) is 4.79 Å². The highest BCUT2D eigenvalue weighted by atomic mass is 16.2. The number of piperazine rings is 1. The number of carbonyl (C=O) groups excluding carboxylic acids is 2. The molecule has 0 bridgehead atoms. The first-order valence-corrected chi connectivity index (χ1v) is 6.52. The number of nitrogen functional groups attached to an aromatic ring is 1. The molecule has 0 unspecified atom stereocenters. The summed E-state index contributed by atoms with van der Waals surface area (Å²) in [7, 11) is 1.75. The van der Waals surface area contributed by atoms with Gasteiger partial charge in [-0.2, -0.15) is 0 Å². The minimum Gasteiger partial charge on any atom is -0.399 e. The van der Waals surface area contributed by atoms with Crippen molar-refractivity contribution >= 4 is 23.3 Å². The summed E-state index contributed by atoms with van der Waals surface area (Å²) in [5.41, 5.74) is 6.03. The molecule has 6 nitrogen and oxygen atoms in total. The Morgan fingerprint density at radius 3 is 2.70 bits per heavy atom. The lowest BCUT2D eigenvalue weighted by Crippen LogP contribution is -2.64. The molecule has 3 N–H and O–H groups in total. The first-order valence-electron chi connectivity index (χ1n) is 6.52. The summed E-state index contributed by atoms with van der Waals surface area (Å²) in [6.07, 6.45) is 0. The third kappa shape index (κ3) is 2.54. The van der Waals surface area contributed by atoms with E-state index in [1.54, 1.807) is 55.0 Å². The summed E-state index contributed by atoms with van der Waals surface area (Å²) in [5.74, 6) is -0.0634. The van der Waals surface area contributed by atoms with Gasteiger partial charge in [-0.1, -0.05) is 6.07 Å². The van der Waals surface area contributed by atoms with E-state index in [0.29, 0.717) is 24.5 Å². The summed E-state index contributed by atoms with van der Waals surface area (Å²) in [4.78, 5) is 27.7. The van der Waals surface area contributed by atoms with Crippen molar-refractivity contribution in [2.45, 2.75) is 19.4 Å². The van der Waals surface area contributed by atoms with Gasteiger partial charge in [-0.3, -0.25) is 4.79 Å². The molecule has 0 aromatic heterocycles. The van der Waals surface area contributed by atoms with E-state index in [-0.39, 0.29) is 11.9 Å². The summed E-state index contributed by atoms with van der Waals surface area (Å²) in [5, 5.41) is 2.78. The van der Waals surface area contributed by atoms with Crippen molar-refractivity contribution in [3.8, 4) is 0 Å². The Bertz CT molecular complexity index is 542. The van der Waals surface area contributed by atoms with Crippen molar-refractivity contribution in [2.75, 3.05) is 31.2 Å². The van der Waals surface area contributed by atoms with E-state index in [4.69, 9.17) is 5.73 Å². The zero-order chi connectivity index (χ0) is 14.9. The van der Waals surface area contributed by atoms with Crippen LogP contribution in [0.2, 0.25) is 0 Å². The SMILES string of the molecule is CN1CCN(C(=O)Nc2cccc(N)c2)C(C)(C)C1=O. The molecule has 20 heavy (non-hydrogen) atoms. The normalized spacial score (nSPS) is 18.1. The lowest BCUT2D eigenvalue weighted by atomic mass is 9.98. The number of nitrogens with two attached hydrogens (primary N) is 1. The number of likely N-dealkylation sites (N-methyl/N-ethyl adjacent to an activating group) is 1. The van der Waals surface area contributed by atoms with Gasteiger partial charge in [-0.05, 0) is 32.0 Å². The number of hydrogen-bond acceptors (Lipinski definition) is 3. The van der Waals surface area contributed by atoms with Crippen LogP contribution in [-0.4, -0.2) is 47.4 Å². The molecule has 0 saturated carbocycles. The number of anilines is 2. The molecule has 3 amide bonds. The molecule has 1 heterocycles. The average molecular weight is 276 g/mol. The first kappa shape index (κ1) is 14.2. The lowest BCUT2D eigenvalue weighted by molar-refractivity contribution is -0.144. The second-order valence-corrected chi connectivity index (χ2v) is 5.49. The number of nitrogens with zero attached hydrogens (tertiary/aromatic N) is 2. The van der Waals surface area contributed by atoms with Gasteiger partial charge in [0.2, 0.25) is 5.91 Å². The van der Waals surface area contributed by atoms with Crippen LogP contribution in [0.15, 0.2) is 24.3 Å². The van der Waals surface area contributed by atoms with Crippen LogP contribution >= 0.6 is 0 Å². The Balaban J connectivity index is 2.15. The highest BCUT2D eigenvalue weighted by Gasteiger charge is 2.42. The van der Waals surface area contributed by atoms with E-state index in [1.807, 2.05) is 0 Å². The van der Waals surface area contributed by atoms with E-state index in [1.165, 1.54) is 0 Å². The van der Waals surface area contributed by atoms with Gasteiger partial charge < -0.3 is 20.9 Å². The van der Waals surface area contributed by atoms with Crippen LogP contribution in [0.25, 0.3) is 0 Å². The van der Waals surface area contributed by atoms with Gasteiger partial charge in [0.1, 0.15) is 5.54 Å². The van der Waals surface area contributed by atoms with Crippen molar-refractivity contribution in [1.29, 1.82) is 0 Å². The topological polar surface area (TPSA) is 78.7 Å². The number of rotatable bonds is 1. The first-order chi connectivity index (χ1) is 9.32. The summed E-state index contributed by atoms with van der Waals surface area (Å²) in [6.45, 7) is 4.55. The second-order valence-electron chi connectivity index (χ2n) is 5.49. The fraction of sp³-hybridized carbons (Fsp3) is 0.429. The molecule has 108 valence electrons. The Morgan fingerprint density at radius 1 is 1.35 bits per heavy atom. The standard InChI is InChI=1S/C14H20N4O2/c1-14(2)12(19)17(3)7-8-18(14)13(20)16-11-6-4-5-10(15)9-11/h4-6,9H,7-8,15H2,1-3H3,(H,16,20). The van der Waals surface area contributed by atoms with E-state index in [2.05, 4.69) is 5.32 Å². The van der Waals surface area contributed by atoms with Gasteiger partial charge in [0.15, 0.2) is 0 Å². The zero-order valence-corrected chi connectivity index (χ0v) is 12.0. The maximum atomic E-state index is 12.3. The van der Waals surface area contributed by atoms with Gasteiger partial charge in [0, 0.05) is 31.5 Å². The molecule has 0 radical (unpaired) electrons. The van der Waals surface area contributed by atoms with Gasteiger partial charge in [0.05, 0.1) is 0 Å². The monoisotopic (exact) mass is 276 g/mol. The molecule has 1 saturated heterocycles. The maximum Gasteiger partial charge on any atom is 0.322 e. The molecule has 1 aliphatic rings. The predicted octanol–water partition coefficient (Wildman–Crippen LogP) is 1.35. The van der Waals surface area contributed by atoms with E-state index in [0.717, 1.165) is 0 Å². The zero-order valence-electron chi connectivity index (χ0n) is 12.0. The number of benzene rings is 1. The van der Waals surface area contributed by atoms with E-state index in [9.17, 15) is 9.59 Å². The van der Waals surface area contributed by atoms with Crippen molar-refractivity contribution < 1.29 is 9.59 Å². The molecular weight excluding hydrogens is 256 g/mol. The molecule has 1 fully saturated rings. The van der Waals surface area contributed by atoms with Crippen LogP contribution in [0, 0.1) is 0 Å². The van der Waals surface area contributed by atoms with Crippen LogP contribution in [0.4, 0.5) is 16.2 Å². The van der Waals surface area contributed by atoms with Crippen molar-refractivity contribution in [2.24, 2.45) is 0 Å². The highest BCUT2D eigenvalue weighted by Crippen LogP contribution is 2.23. The van der Waals surface area contributed by atoms with Crippen molar-refractivity contribution in [1.82, 2.24) is 9.80 Å². The van der Waals surface area contributed by atoms with Gasteiger partial charge in [-0.15, -0.1) is 0 Å². The van der Waals surface area contributed by atoms with Gasteiger partial charge >= 0.3 is 6.03 Å². The molecule has 1 aromatic carbocycles. The third-order valence-corrected chi connectivity index (χ3v) is 3.59. The Kier molecular flexibility index (Phi) is 3.57. The van der Waals surface area contributed by atoms with Crippen molar-refractivity contribution in [3.05, 3.63) is 24.3 Å². The van der Waals surface area contributed by atoms with Gasteiger partial charge in [-0.25, -0.2) is 4.79 Å². The largest absolute Gasteiger partial charge is 0.399 e. The molecule has 1 aromatic rings. The number of carbonyl (C=O) groups is 2.